The Morgan fingerprint density at radius 1 is 1.08 bits per heavy atom. The second-order valence-corrected chi connectivity index (χ2v) is 11.0. The molecule has 3 aliphatic heterocycles. The Labute approximate surface area is 218 Å². The lowest BCUT2D eigenvalue weighted by Gasteiger charge is -2.42. The van der Waals surface area contributed by atoms with Gasteiger partial charge in [-0.25, -0.2) is 4.98 Å². The third kappa shape index (κ3) is 4.71. The fourth-order valence-corrected chi connectivity index (χ4v) is 6.65. The van der Waals surface area contributed by atoms with Gasteiger partial charge >= 0.3 is 0 Å². The number of nitrogens with zero attached hydrogens (tertiary/aromatic N) is 4. The van der Waals surface area contributed by atoms with E-state index in [0.29, 0.717) is 31.0 Å². The second-order valence-electron chi connectivity index (χ2n) is 11.0. The van der Waals surface area contributed by atoms with E-state index in [-0.39, 0.29) is 48.5 Å². The molecule has 0 aromatic carbocycles. The molecule has 37 heavy (non-hydrogen) atoms. The zero-order chi connectivity index (χ0) is 24.7. The molecule has 3 N–H and O–H groups in total. The van der Waals surface area contributed by atoms with Gasteiger partial charge in [-0.15, -0.1) is 0 Å². The molecule has 2 atom stereocenters. The molecule has 10 heteroatoms. The average molecular weight is 510 g/mol. The van der Waals surface area contributed by atoms with Gasteiger partial charge in [0.05, 0.1) is 17.4 Å². The van der Waals surface area contributed by atoms with Crippen molar-refractivity contribution in [3.8, 4) is 0 Å². The third-order valence-corrected chi connectivity index (χ3v) is 8.60. The number of nitrogens with one attached hydrogen (secondary N) is 3. The first-order valence-electron chi connectivity index (χ1n) is 13.5. The number of carbonyl (C=O) groups excluding carboxylic acids is 3. The molecule has 2 aromatic rings. The molecule has 2 saturated heterocycles. The monoisotopic (exact) mass is 509 g/mol. The van der Waals surface area contributed by atoms with Crippen LogP contribution in [0.1, 0.15) is 75.7 Å². The van der Waals surface area contributed by atoms with Crippen molar-refractivity contribution in [1.82, 2.24) is 30.1 Å². The Hall–Kier alpha value is -3.01. The van der Waals surface area contributed by atoms with Gasteiger partial charge in [-0.3, -0.25) is 19.7 Å². The summed E-state index contributed by atoms with van der Waals surface area (Å²) >= 11 is 0. The molecular formula is C27H39N7O3. The van der Waals surface area contributed by atoms with Gasteiger partial charge in [0.2, 0.25) is 17.8 Å². The smallest absolute Gasteiger partial charge is 0.268 e. The second kappa shape index (κ2) is 10.4. The number of fused-ring (bicyclic) bond motifs is 4. The lowest BCUT2D eigenvalue weighted by molar-refractivity contribution is -0.139. The minimum Gasteiger partial charge on any atom is -0.348 e. The van der Waals surface area contributed by atoms with E-state index in [1.807, 2.05) is 11.0 Å². The van der Waals surface area contributed by atoms with Crippen LogP contribution in [0.4, 0.5) is 5.95 Å². The van der Waals surface area contributed by atoms with Gasteiger partial charge in [-0.2, -0.15) is 4.98 Å². The van der Waals surface area contributed by atoms with E-state index in [1.165, 1.54) is 6.42 Å². The lowest BCUT2D eigenvalue weighted by atomic mass is 9.80. The minimum absolute atomic E-state index is 0. The van der Waals surface area contributed by atoms with Crippen LogP contribution >= 0.6 is 0 Å². The Balaban J connectivity index is 0.00000280. The number of amides is 3. The number of hydrogen-bond donors (Lipinski definition) is 3. The molecule has 1 saturated carbocycles. The molecule has 4 aliphatic rings. The van der Waals surface area contributed by atoms with Crippen LogP contribution in [-0.2, 0) is 15.1 Å². The predicted octanol–water partition coefficient (Wildman–Crippen LogP) is 2.65. The summed E-state index contributed by atoms with van der Waals surface area (Å²) in [5, 5.41) is 10.1. The van der Waals surface area contributed by atoms with Crippen molar-refractivity contribution in [3.05, 3.63) is 18.0 Å². The highest BCUT2D eigenvalue weighted by Crippen LogP contribution is 2.40. The van der Waals surface area contributed by atoms with Crippen molar-refractivity contribution in [2.75, 3.05) is 38.0 Å². The van der Waals surface area contributed by atoms with Crippen molar-refractivity contribution < 1.29 is 14.4 Å². The summed E-state index contributed by atoms with van der Waals surface area (Å²) in [6.07, 6.45) is 10.6. The van der Waals surface area contributed by atoms with Gasteiger partial charge < -0.3 is 20.1 Å². The van der Waals surface area contributed by atoms with Gasteiger partial charge in [0.15, 0.2) is 0 Å². The van der Waals surface area contributed by atoms with Crippen LogP contribution < -0.4 is 16.0 Å². The summed E-state index contributed by atoms with van der Waals surface area (Å²) in [7, 11) is 0. The molecule has 0 bridgehead atoms. The molecule has 3 fully saturated rings. The van der Waals surface area contributed by atoms with Gasteiger partial charge in [-0.1, -0.05) is 26.7 Å². The zero-order valence-electron chi connectivity index (χ0n) is 20.7. The Morgan fingerprint density at radius 2 is 1.89 bits per heavy atom. The molecule has 5 heterocycles. The maximum atomic E-state index is 13.2. The molecule has 3 amide bonds. The van der Waals surface area contributed by atoms with Crippen molar-refractivity contribution in [1.29, 1.82) is 0 Å². The van der Waals surface area contributed by atoms with Gasteiger partial charge in [-0.05, 0) is 51.1 Å². The summed E-state index contributed by atoms with van der Waals surface area (Å²) in [5.41, 5.74) is 1.16. The number of rotatable bonds is 3. The van der Waals surface area contributed by atoms with E-state index in [2.05, 4.69) is 25.5 Å². The largest absolute Gasteiger partial charge is 0.348 e. The molecule has 200 valence electrons. The van der Waals surface area contributed by atoms with E-state index in [1.54, 1.807) is 6.20 Å². The molecule has 6 rings (SSSR count). The summed E-state index contributed by atoms with van der Waals surface area (Å²) in [4.78, 5) is 49.9. The summed E-state index contributed by atoms with van der Waals surface area (Å²) in [5.74, 6) is -0.0935. The van der Waals surface area contributed by atoms with Crippen molar-refractivity contribution in [2.24, 2.45) is 11.8 Å². The van der Waals surface area contributed by atoms with Gasteiger partial charge in [0.1, 0.15) is 11.3 Å². The maximum Gasteiger partial charge on any atom is 0.268 e. The Morgan fingerprint density at radius 3 is 2.68 bits per heavy atom. The number of hydrogen-bond acceptors (Lipinski definition) is 6. The lowest BCUT2D eigenvalue weighted by Crippen LogP contribution is -2.52. The molecule has 0 unspecified atom stereocenters. The minimum atomic E-state index is -0.282. The SMILES string of the molecule is C.O=C1NCC2(CCCCC2)n2c1cc1cnc(NC(=O)[C@@H]3CCCN(C(=O)[C@@H]4CCCNC4)C3)nc12. The van der Waals surface area contributed by atoms with Crippen LogP contribution in [0.3, 0.4) is 0 Å². The van der Waals surface area contributed by atoms with E-state index >= 15 is 0 Å². The number of anilines is 1. The quantitative estimate of drug-likeness (QED) is 0.585. The fraction of sp³-hybridized carbons (Fsp3) is 0.667. The molecule has 10 nitrogen and oxygen atoms in total. The number of likely N-dealkylation sites (tertiary alicyclic amines) is 1. The highest BCUT2D eigenvalue weighted by atomic mass is 16.2. The van der Waals surface area contributed by atoms with Crippen LogP contribution in [0, 0.1) is 11.8 Å². The molecule has 1 aliphatic carbocycles. The third-order valence-electron chi connectivity index (χ3n) is 8.60. The van der Waals surface area contributed by atoms with Crippen molar-refractivity contribution in [3.63, 3.8) is 0 Å². The summed E-state index contributed by atoms with van der Waals surface area (Å²) in [6.45, 7) is 3.45. The molecule has 1 spiro atoms. The van der Waals surface area contributed by atoms with Crippen LogP contribution in [0.5, 0.6) is 0 Å². The highest BCUT2D eigenvalue weighted by Gasteiger charge is 2.41. The first-order chi connectivity index (χ1) is 17.5. The summed E-state index contributed by atoms with van der Waals surface area (Å²) in [6, 6.07) is 1.86. The number of piperidine rings is 2. The van der Waals surface area contributed by atoms with E-state index < -0.39 is 0 Å². The first kappa shape index (κ1) is 25.6. The Bertz CT molecular complexity index is 1180. The van der Waals surface area contributed by atoms with Gasteiger partial charge in [0, 0.05) is 37.8 Å². The van der Waals surface area contributed by atoms with Crippen molar-refractivity contribution >= 4 is 34.7 Å². The average Bonchev–Trinajstić information content (AvgIpc) is 3.32. The van der Waals surface area contributed by atoms with Crippen LogP contribution in [0.2, 0.25) is 0 Å². The molecular weight excluding hydrogens is 470 g/mol. The predicted molar refractivity (Wildman–Crippen MR) is 141 cm³/mol. The van der Waals surface area contributed by atoms with E-state index in [0.717, 1.165) is 69.8 Å². The van der Waals surface area contributed by atoms with E-state index in [9.17, 15) is 14.4 Å². The van der Waals surface area contributed by atoms with Crippen LogP contribution in [-0.4, -0.2) is 69.9 Å². The maximum absolute atomic E-state index is 13.2. The normalized spacial score (nSPS) is 25.2. The molecule has 0 radical (unpaired) electrons. The standard InChI is InChI=1S/C26H35N7O3.CH4/c34-22(18-7-5-11-32(15-18)24(36)17-6-4-10-27-13-17)31-25-28-14-19-12-20-23(35)29-16-26(8-2-1-3-9-26)33(20)21(19)30-25;/h12,14,17-18,27H,1-11,13,15-16H2,(H,29,35)(H,28,30,31,34);1H4/t17-,18-;/m1./s1. The van der Waals surface area contributed by atoms with Crippen LogP contribution in [0.25, 0.3) is 11.0 Å². The topological polar surface area (TPSA) is 121 Å². The van der Waals surface area contributed by atoms with E-state index in [4.69, 9.17) is 4.98 Å². The highest BCUT2D eigenvalue weighted by molar-refractivity contribution is 5.99. The van der Waals surface area contributed by atoms with Crippen molar-refractivity contribution in [2.45, 2.75) is 70.8 Å². The number of carbonyl (C=O) groups is 3. The first-order valence-corrected chi connectivity index (χ1v) is 13.5. The molecule has 2 aromatic heterocycles. The van der Waals surface area contributed by atoms with Crippen LogP contribution in [0.15, 0.2) is 12.3 Å². The van der Waals surface area contributed by atoms with Gasteiger partial charge in [0.25, 0.3) is 5.91 Å². The fourth-order valence-electron chi connectivity index (χ4n) is 6.65. The zero-order valence-corrected chi connectivity index (χ0v) is 20.7. The Kier molecular flexibility index (Phi) is 7.20. The number of aromatic nitrogens is 3. The summed E-state index contributed by atoms with van der Waals surface area (Å²) < 4.78 is 2.11.